The Morgan fingerprint density at radius 3 is 2.70 bits per heavy atom. The molecule has 30 heavy (non-hydrogen) atoms. The smallest absolute Gasteiger partial charge is 0.239 e. The molecule has 5 rings (SSSR count). The Morgan fingerprint density at radius 2 is 2.00 bits per heavy atom. The van der Waals surface area contributed by atoms with Crippen molar-refractivity contribution in [2.75, 3.05) is 26.2 Å². The van der Waals surface area contributed by atoms with Crippen LogP contribution >= 0.6 is 12.4 Å². The number of ether oxygens (including phenoxy) is 1. The summed E-state index contributed by atoms with van der Waals surface area (Å²) in [7, 11) is 0. The van der Waals surface area contributed by atoms with E-state index in [4.69, 9.17) is 9.72 Å². The van der Waals surface area contributed by atoms with E-state index < -0.39 is 11.7 Å². The van der Waals surface area contributed by atoms with Crippen LogP contribution in [0, 0.1) is 0 Å². The molecule has 4 heterocycles. The van der Waals surface area contributed by atoms with Crippen LogP contribution in [0.3, 0.4) is 0 Å². The number of hydrogen-bond acceptors (Lipinski definition) is 6. The molecule has 0 aliphatic carbocycles. The number of benzene rings is 1. The average molecular weight is 431 g/mol. The number of carbonyl (C=O) groups is 1. The standard InChI is InChI=1S/C22H26N4O3.ClH/c27-17-12-18(23-14-17)21(28)26-9-7-22(8-10-26)19-16(6-11-29-22)13-24-20(25-19)15-4-2-1-3-5-15;/h1-5,13,17-18,23,27H,6-12,14H2;1H/t17-,18+;/m1./s1. The van der Waals surface area contributed by atoms with E-state index in [-0.39, 0.29) is 24.4 Å². The van der Waals surface area contributed by atoms with Crippen molar-refractivity contribution in [3.05, 3.63) is 47.8 Å². The van der Waals surface area contributed by atoms with E-state index in [1.165, 1.54) is 0 Å². The summed E-state index contributed by atoms with van der Waals surface area (Å²) in [5.74, 6) is 0.803. The number of rotatable bonds is 2. The Hall–Kier alpha value is -2.06. The lowest BCUT2D eigenvalue weighted by Gasteiger charge is -2.44. The molecule has 0 bridgehead atoms. The average Bonchev–Trinajstić information content (AvgIpc) is 3.21. The molecule has 3 aliphatic rings. The van der Waals surface area contributed by atoms with E-state index in [2.05, 4.69) is 10.3 Å². The van der Waals surface area contributed by atoms with Crippen molar-refractivity contribution in [2.45, 2.75) is 43.4 Å². The minimum Gasteiger partial charge on any atom is -0.392 e. The molecule has 1 amide bonds. The van der Waals surface area contributed by atoms with E-state index in [0.29, 0.717) is 32.7 Å². The van der Waals surface area contributed by atoms with Crippen LogP contribution in [0.25, 0.3) is 11.4 Å². The van der Waals surface area contributed by atoms with Crippen LogP contribution in [0.2, 0.25) is 0 Å². The van der Waals surface area contributed by atoms with Gasteiger partial charge in [-0.3, -0.25) is 4.79 Å². The summed E-state index contributed by atoms with van der Waals surface area (Å²) in [4.78, 5) is 24.2. The first-order valence-corrected chi connectivity index (χ1v) is 10.4. The van der Waals surface area contributed by atoms with E-state index in [0.717, 1.165) is 41.9 Å². The Bertz CT molecular complexity index is 903. The van der Waals surface area contributed by atoms with Crippen molar-refractivity contribution < 1.29 is 14.6 Å². The predicted molar refractivity (Wildman–Crippen MR) is 114 cm³/mol. The molecule has 160 valence electrons. The third-order valence-electron chi connectivity index (χ3n) is 6.37. The Morgan fingerprint density at radius 1 is 1.23 bits per heavy atom. The van der Waals surface area contributed by atoms with Crippen molar-refractivity contribution >= 4 is 18.3 Å². The molecule has 2 N–H and O–H groups in total. The van der Waals surface area contributed by atoms with E-state index in [1.807, 2.05) is 41.4 Å². The van der Waals surface area contributed by atoms with Crippen LogP contribution in [0.1, 0.15) is 30.5 Å². The first-order valence-electron chi connectivity index (χ1n) is 10.4. The highest BCUT2D eigenvalue weighted by molar-refractivity contribution is 5.85. The molecule has 0 radical (unpaired) electrons. The van der Waals surface area contributed by atoms with Gasteiger partial charge in [-0.2, -0.15) is 0 Å². The molecule has 1 spiro atoms. The molecular formula is C22H27ClN4O3. The summed E-state index contributed by atoms with van der Waals surface area (Å²) in [5.41, 5.74) is 2.68. The summed E-state index contributed by atoms with van der Waals surface area (Å²) in [6, 6.07) is 9.72. The highest BCUT2D eigenvalue weighted by atomic mass is 35.5. The molecule has 7 nitrogen and oxygen atoms in total. The third-order valence-corrected chi connectivity index (χ3v) is 6.37. The molecule has 1 aromatic heterocycles. The fourth-order valence-electron chi connectivity index (χ4n) is 4.73. The molecule has 2 fully saturated rings. The molecule has 2 aromatic rings. The van der Waals surface area contributed by atoms with E-state index >= 15 is 0 Å². The summed E-state index contributed by atoms with van der Waals surface area (Å²) < 4.78 is 6.31. The van der Waals surface area contributed by atoms with Gasteiger partial charge in [-0.1, -0.05) is 30.3 Å². The molecule has 3 aliphatic heterocycles. The van der Waals surface area contributed by atoms with Crippen molar-refractivity contribution in [3.63, 3.8) is 0 Å². The number of amides is 1. The highest BCUT2D eigenvalue weighted by Crippen LogP contribution is 2.41. The van der Waals surface area contributed by atoms with Gasteiger partial charge >= 0.3 is 0 Å². The molecule has 0 saturated carbocycles. The van der Waals surface area contributed by atoms with Gasteiger partial charge in [0.15, 0.2) is 5.82 Å². The monoisotopic (exact) mass is 430 g/mol. The van der Waals surface area contributed by atoms with Gasteiger partial charge in [0.05, 0.1) is 24.4 Å². The molecular weight excluding hydrogens is 404 g/mol. The molecule has 8 heteroatoms. The number of halogens is 1. The van der Waals surface area contributed by atoms with E-state index in [9.17, 15) is 9.90 Å². The number of nitrogens with one attached hydrogen (secondary N) is 1. The lowest BCUT2D eigenvalue weighted by atomic mass is 9.83. The van der Waals surface area contributed by atoms with Gasteiger partial charge in [-0.05, 0) is 31.2 Å². The van der Waals surface area contributed by atoms with Gasteiger partial charge in [0.2, 0.25) is 5.91 Å². The maximum absolute atomic E-state index is 12.8. The number of β-amino-alcohol motifs (C(OH)–C–C–N with tert-alkyl or cyclic N) is 1. The number of piperidine rings is 1. The summed E-state index contributed by atoms with van der Waals surface area (Å²) >= 11 is 0. The van der Waals surface area contributed by atoms with Crippen molar-refractivity contribution in [3.8, 4) is 11.4 Å². The zero-order valence-electron chi connectivity index (χ0n) is 16.8. The number of nitrogens with zero attached hydrogens (tertiary/aromatic N) is 3. The maximum atomic E-state index is 12.8. The SMILES string of the molecule is Cl.O=C([C@@H]1C[C@@H](O)CN1)N1CCC2(CC1)OCCc1cnc(-c3ccccc3)nc12. The number of fused-ring (bicyclic) bond motifs is 2. The second-order valence-corrected chi connectivity index (χ2v) is 8.20. The summed E-state index contributed by atoms with van der Waals surface area (Å²) in [5, 5.41) is 12.8. The number of carbonyl (C=O) groups excluding carboxylic acids is 1. The quantitative estimate of drug-likeness (QED) is 0.753. The minimum absolute atomic E-state index is 0. The minimum atomic E-state index is -0.445. The zero-order chi connectivity index (χ0) is 19.8. The fourth-order valence-corrected chi connectivity index (χ4v) is 4.73. The van der Waals surface area contributed by atoms with Gasteiger partial charge in [0, 0.05) is 31.4 Å². The van der Waals surface area contributed by atoms with Gasteiger partial charge in [0.1, 0.15) is 5.60 Å². The molecule has 1 aromatic carbocycles. The topological polar surface area (TPSA) is 87.6 Å². The number of aliphatic hydroxyl groups is 1. The summed E-state index contributed by atoms with van der Waals surface area (Å²) in [6.07, 6.45) is 4.28. The first kappa shape index (κ1) is 21.2. The molecule has 0 unspecified atom stereocenters. The number of aromatic nitrogens is 2. The molecule has 2 saturated heterocycles. The number of aliphatic hydroxyl groups excluding tert-OH is 1. The van der Waals surface area contributed by atoms with Gasteiger partial charge < -0.3 is 20.1 Å². The lowest BCUT2D eigenvalue weighted by Crippen LogP contribution is -2.52. The Balaban J connectivity index is 0.00000218. The maximum Gasteiger partial charge on any atom is 0.239 e. The van der Waals surface area contributed by atoms with Gasteiger partial charge in [-0.25, -0.2) is 9.97 Å². The Labute approximate surface area is 182 Å². The van der Waals surface area contributed by atoms with E-state index in [1.54, 1.807) is 0 Å². The summed E-state index contributed by atoms with van der Waals surface area (Å²) in [6.45, 7) is 2.42. The largest absolute Gasteiger partial charge is 0.392 e. The lowest BCUT2D eigenvalue weighted by molar-refractivity contribution is -0.143. The van der Waals surface area contributed by atoms with Gasteiger partial charge in [-0.15, -0.1) is 12.4 Å². The van der Waals surface area contributed by atoms with Crippen LogP contribution < -0.4 is 5.32 Å². The Kier molecular flexibility index (Phi) is 6.06. The molecule has 2 atom stereocenters. The second kappa shape index (κ2) is 8.59. The second-order valence-electron chi connectivity index (χ2n) is 8.20. The number of hydrogen-bond donors (Lipinski definition) is 2. The van der Waals surface area contributed by atoms with Gasteiger partial charge in [0.25, 0.3) is 0 Å². The van der Waals surface area contributed by atoms with Crippen LogP contribution in [0.5, 0.6) is 0 Å². The van der Waals surface area contributed by atoms with Crippen LogP contribution in [0.15, 0.2) is 36.5 Å². The van der Waals surface area contributed by atoms with Crippen LogP contribution in [-0.4, -0.2) is 64.3 Å². The van der Waals surface area contributed by atoms with Crippen LogP contribution in [-0.2, 0) is 21.6 Å². The first-order chi connectivity index (χ1) is 14.1. The number of likely N-dealkylation sites (tertiary alicyclic amines) is 1. The highest BCUT2D eigenvalue weighted by Gasteiger charge is 2.44. The normalized spacial score (nSPS) is 24.9. The van der Waals surface area contributed by atoms with Crippen molar-refractivity contribution in [1.82, 2.24) is 20.2 Å². The predicted octanol–water partition coefficient (Wildman–Crippen LogP) is 1.68. The zero-order valence-corrected chi connectivity index (χ0v) is 17.6. The van der Waals surface area contributed by atoms with Crippen molar-refractivity contribution in [1.29, 1.82) is 0 Å². The van der Waals surface area contributed by atoms with Crippen LogP contribution in [0.4, 0.5) is 0 Å². The van der Waals surface area contributed by atoms with Crippen molar-refractivity contribution in [2.24, 2.45) is 0 Å². The third kappa shape index (κ3) is 3.83. The fraction of sp³-hybridized carbons (Fsp3) is 0.500.